The van der Waals surface area contributed by atoms with Gasteiger partial charge in [-0.15, -0.1) is 0 Å². The van der Waals surface area contributed by atoms with Gasteiger partial charge in [0.15, 0.2) is 12.4 Å². The van der Waals surface area contributed by atoms with Gasteiger partial charge in [0.1, 0.15) is 17.6 Å². The van der Waals surface area contributed by atoms with Crippen LogP contribution in [0.5, 0.6) is 5.75 Å². The second kappa shape index (κ2) is 8.38. The zero-order chi connectivity index (χ0) is 22.1. The maximum atomic E-state index is 13.6. The summed E-state index contributed by atoms with van der Waals surface area (Å²) in [6.45, 7) is 1.90. The molecule has 1 N–H and O–H groups in total. The third-order valence-corrected chi connectivity index (χ3v) is 5.88. The van der Waals surface area contributed by atoms with Gasteiger partial charge >= 0.3 is 0 Å². The van der Waals surface area contributed by atoms with Crippen LogP contribution in [0.2, 0.25) is 0 Å². The lowest BCUT2D eigenvalue weighted by molar-refractivity contribution is -0.121. The van der Waals surface area contributed by atoms with Gasteiger partial charge in [-0.25, -0.2) is 0 Å². The topological polar surface area (TPSA) is 71.8 Å². The van der Waals surface area contributed by atoms with E-state index in [0.717, 1.165) is 17.8 Å². The van der Waals surface area contributed by atoms with Crippen molar-refractivity contribution in [2.75, 3.05) is 16.8 Å². The Hall–Kier alpha value is -3.80. The largest absolute Gasteiger partial charge is 0.484 e. The monoisotopic (exact) mass is 428 g/mol. The van der Waals surface area contributed by atoms with Gasteiger partial charge in [0.25, 0.3) is 5.91 Å². The lowest BCUT2D eigenvalue weighted by atomic mass is 9.83. The summed E-state index contributed by atoms with van der Waals surface area (Å²) in [5.74, 6) is 1.15. The number of ketones is 1. The number of ether oxygens (including phenoxy) is 1. The summed E-state index contributed by atoms with van der Waals surface area (Å²) in [6, 6.07) is 19.7. The molecule has 0 saturated carbocycles. The number of benzene rings is 2. The third kappa shape index (κ3) is 3.68. The van der Waals surface area contributed by atoms with Crippen LogP contribution in [-0.2, 0) is 9.59 Å². The van der Waals surface area contributed by atoms with Gasteiger partial charge in [-0.3, -0.25) is 14.5 Å². The molecule has 2 atom stereocenters. The molecule has 0 radical (unpaired) electrons. The molecule has 1 aliphatic carbocycles. The number of nitrogens with zero attached hydrogens (tertiary/aromatic N) is 1. The Labute approximate surface area is 186 Å². The molecule has 0 bridgehead atoms. The van der Waals surface area contributed by atoms with E-state index in [9.17, 15) is 9.59 Å². The molecule has 32 heavy (non-hydrogen) atoms. The number of Topliss-reactive ketones (excluding diaryl/α,β-unsaturated/α-hetero) is 1. The van der Waals surface area contributed by atoms with Crippen LogP contribution < -0.4 is 15.0 Å². The van der Waals surface area contributed by atoms with E-state index in [1.807, 2.05) is 60.7 Å². The van der Waals surface area contributed by atoms with Gasteiger partial charge < -0.3 is 14.5 Å². The van der Waals surface area contributed by atoms with Crippen LogP contribution in [-0.4, -0.2) is 18.3 Å². The van der Waals surface area contributed by atoms with Crippen molar-refractivity contribution >= 4 is 23.1 Å². The maximum Gasteiger partial charge on any atom is 0.265 e. The molecule has 3 aromatic rings. The average Bonchev–Trinajstić information content (AvgIpc) is 3.27. The number of hydrogen-bond donors (Lipinski definition) is 1. The van der Waals surface area contributed by atoms with Crippen LogP contribution in [0, 0.1) is 5.92 Å². The van der Waals surface area contributed by atoms with Crippen LogP contribution in [0.15, 0.2) is 88.7 Å². The fraction of sp³-hybridized carbons (Fsp3) is 0.231. The number of carbonyl (C=O) groups is 2. The van der Waals surface area contributed by atoms with E-state index in [2.05, 4.69) is 12.2 Å². The Morgan fingerprint density at radius 2 is 1.84 bits per heavy atom. The van der Waals surface area contributed by atoms with Crippen molar-refractivity contribution in [1.82, 2.24) is 0 Å². The molecule has 1 aromatic heterocycles. The van der Waals surface area contributed by atoms with Crippen molar-refractivity contribution < 1.29 is 18.7 Å². The molecule has 2 aliphatic rings. The molecular formula is C26H24N2O4. The van der Waals surface area contributed by atoms with Crippen molar-refractivity contribution in [3.63, 3.8) is 0 Å². The number of allylic oxidation sites excluding steroid dienone is 1. The summed E-state index contributed by atoms with van der Waals surface area (Å²) in [7, 11) is 0. The minimum absolute atomic E-state index is 0.0298. The summed E-state index contributed by atoms with van der Waals surface area (Å²) >= 11 is 0. The highest BCUT2D eigenvalue weighted by atomic mass is 16.5. The van der Waals surface area contributed by atoms with Gasteiger partial charge in [-0.05, 0) is 48.7 Å². The first-order chi connectivity index (χ1) is 15.6. The summed E-state index contributed by atoms with van der Waals surface area (Å²) in [6.07, 6.45) is 2.74. The zero-order valence-electron chi connectivity index (χ0n) is 17.8. The third-order valence-electron chi connectivity index (χ3n) is 5.88. The van der Waals surface area contributed by atoms with Crippen molar-refractivity contribution in [1.29, 1.82) is 0 Å². The molecule has 2 aromatic carbocycles. The van der Waals surface area contributed by atoms with Crippen molar-refractivity contribution in [2.24, 2.45) is 5.92 Å². The number of amides is 1. The number of hydrogen-bond acceptors (Lipinski definition) is 5. The Morgan fingerprint density at radius 1 is 1.06 bits per heavy atom. The van der Waals surface area contributed by atoms with Gasteiger partial charge in [-0.1, -0.05) is 37.3 Å². The first kappa shape index (κ1) is 20.1. The number of rotatable bonds is 4. The number of nitrogens with one attached hydrogen (secondary N) is 1. The normalized spacial score (nSPS) is 20.2. The number of para-hydroxylation sites is 3. The van der Waals surface area contributed by atoms with Crippen LogP contribution in [0.4, 0.5) is 11.4 Å². The molecular weight excluding hydrogens is 404 g/mol. The molecule has 0 spiro atoms. The van der Waals surface area contributed by atoms with E-state index in [1.54, 1.807) is 17.2 Å². The standard InChI is InChI=1S/C26H24N2O4/c1-17-14-20-25(22(29)15-17)26(23-12-7-13-31-23)28(21-11-6-5-10-19(21)27-20)24(30)16-32-18-8-3-2-4-9-18/h2-13,17,26-27H,14-16H2,1H3/t17-,26+/m0/s1. The molecule has 162 valence electrons. The summed E-state index contributed by atoms with van der Waals surface area (Å²) in [5, 5.41) is 3.46. The minimum Gasteiger partial charge on any atom is -0.484 e. The van der Waals surface area contributed by atoms with Crippen LogP contribution in [0.3, 0.4) is 0 Å². The Morgan fingerprint density at radius 3 is 2.62 bits per heavy atom. The summed E-state index contributed by atoms with van der Waals surface area (Å²) < 4.78 is 11.5. The lowest BCUT2D eigenvalue weighted by Crippen LogP contribution is -2.40. The fourth-order valence-corrected chi connectivity index (χ4v) is 4.51. The molecule has 6 nitrogen and oxygen atoms in total. The highest BCUT2D eigenvalue weighted by Gasteiger charge is 2.42. The predicted molar refractivity (Wildman–Crippen MR) is 121 cm³/mol. The molecule has 1 aliphatic heterocycles. The molecule has 0 unspecified atom stereocenters. The molecule has 2 heterocycles. The first-order valence-electron chi connectivity index (χ1n) is 10.8. The van der Waals surface area contributed by atoms with Gasteiger partial charge in [0.2, 0.25) is 0 Å². The number of furan rings is 1. The molecule has 6 heteroatoms. The fourth-order valence-electron chi connectivity index (χ4n) is 4.51. The van der Waals surface area contributed by atoms with Crippen LogP contribution in [0.1, 0.15) is 31.6 Å². The second-order valence-corrected chi connectivity index (χ2v) is 8.25. The second-order valence-electron chi connectivity index (χ2n) is 8.25. The zero-order valence-corrected chi connectivity index (χ0v) is 17.8. The Kier molecular flexibility index (Phi) is 5.27. The summed E-state index contributed by atoms with van der Waals surface area (Å²) in [5.41, 5.74) is 2.90. The van der Waals surface area contributed by atoms with E-state index < -0.39 is 6.04 Å². The predicted octanol–water partition coefficient (Wildman–Crippen LogP) is 5.11. The number of fused-ring (bicyclic) bond motifs is 1. The van der Waals surface area contributed by atoms with Crippen molar-refractivity contribution in [3.05, 3.63) is 90.0 Å². The van der Waals surface area contributed by atoms with Crippen molar-refractivity contribution in [2.45, 2.75) is 25.8 Å². The smallest absolute Gasteiger partial charge is 0.265 e. The number of anilines is 2. The summed E-state index contributed by atoms with van der Waals surface area (Å²) in [4.78, 5) is 28.6. The highest BCUT2D eigenvalue weighted by Crippen LogP contribution is 2.45. The van der Waals surface area contributed by atoms with Crippen LogP contribution in [0.25, 0.3) is 0 Å². The van der Waals surface area contributed by atoms with E-state index in [4.69, 9.17) is 9.15 Å². The Balaban J connectivity index is 1.61. The Bertz CT molecular complexity index is 1170. The van der Waals surface area contributed by atoms with Gasteiger partial charge in [0.05, 0.1) is 17.6 Å². The molecule has 0 fully saturated rings. The average molecular weight is 428 g/mol. The molecule has 1 amide bonds. The van der Waals surface area contributed by atoms with Gasteiger partial charge in [0, 0.05) is 17.7 Å². The van der Waals surface area contributed by atoms with Gasteiger partial charge in [-0.2, -0.15) is 0 Å². The number of carbonyl (C=O) groups excluding carboxylic acids is 2. The minimum atomic E-state index is -0.664. The van der Waals surface area contributed by atoms with E-state index in [-0.39, 0.29) is 24.2 Å². The van der Waals surface area contributed by atoms with E-state index in [1.165, 1.54) is 0 Å². The van der Waals surface area contributed by atoms with E-state index >= 15 is 0 Å². The molecule has 5 rings (SSSR count). The lowest BCUT2D eigenvalue weighted by Gasteiger charge is -2.33. The SMILES string of the molecule is C[C@@H]1CC(=O)C2=C(C1)Nc1ccccc1N(C(=O)COc1ccccc1)[C@@H]2c1ccco1. The highest BCUT2D eigenvalue weighted by molar-refractivity contribution is 6.06. The van der Waals surface area contributed by atoms with Crippen molar-refractivity contribution in [3.8, 4) is 5.75 Å². The van der Waals surface area contributed by atoms with Crippen LogP contribution >= 0.6 is 0 Å². The quantitative estimate of drug-likeness (QED) is 0.625. The van der Waals surface area contributed by atoms with E-state index in [0.29, 0.717) is 29.2 Å². The maximum absolute atomic E-state index is 13.6. The first-order valence-corrected chi connectivity index (χ1v) is 10.8. The molecule has 0 saturated heterocycles.